The number of rotatable bonds is 4. The molecule has 0 unspecified atom stereocenters. The molecule has 5 rings (SSSR count). The number of benzene rings is 1. The van der Waals surface area contributed by atoms with Gasteiger partial charge in [0.1, 0.15) is 5.75 Å². The van der Waals surface area contributed by atoms with Crippen molar-refractivity contribution in [2.24, 2.45) is 11.8 Å². The summed E-state index contributed by atoms with van der Waals surface area (Å²) in [5.74, 6) is 1.42. The van der Waals surface area contributed by atoms with E-state index in [1.807, 2.05) is 17.0 Å². The summed E-state index contributed by atoms with van der Waals surface area (Å²) in [7, 11) is 1.66. The van der Waals surface area contributed by atoms with E-state index in [4.69, 9.17) is 4.74 Å². The second-order valence-electron chi connectivity index (χ2n) is 9.57. The Morgan fingerprint density at radius 3 is 2.64 bits per heavy atom. The standard InChI is InChI=1S/C26H31N3O4/c1-33-20-8-4-7-18(13-20)21-16-29(26(32)17-5-2-3-6-17)23-10-12-28(15-22(21)23)25(31)19-9-11-27-24(30)14-19/h4,7-9,11,13-14,17,21-23H,2-3,5-6,10,12,15-16H2,1H3,(H,27,30)/t21-,22-,23-/m1/s1. The summed E-state index contributed by atoms with van der Waals surface area (Å²) in [6.07, 6.45) is 6.52. The molecule has 2 aromatic rings. The first-order chi connectivity index (χ1) is 16.0. The Morgan fingerprint density at radius 1 is 1.06 bits per heavy atom. The van der Waals surface area contributed by atoms with Gasteiger partial charge in [-0.1, -0.05) is 25.0 Å². The molecule has 1 N–H and O–H groups in total. The van der Waals surface area contributed by atoms with Crippen LogP contribution in [0.3, 0.4) is 0 Å². The lowest BCUT2D eigenvalue weighted by atomic mass is 9.81. The third-order valence-electron chi connectivity index (χ3n) is 7.75. The van der Waals surface area contributed by atoms with E-state index in [0.717, 1.165) is 43.4 Å². The Bertz CT molecular complexity index is 1090. The quantitative estimate of drug-likeness (QED) is 0.778. The van der Waals surface area contributed by atoms with E-state index in [2.05, 4.69) is 22.0 Å². The number of carbonyl (C=O) groups excluding carboxylic acids is 2. The number of hydrogen-bond acceptors (Lipinski definition) is 4. The molecule has 33 heavy (non-hydrogen) atoms. The van der Waals surface area contributed by atoms with E-state index in [1.54, 1.807) is 13.2 Å². The van der Waals surface area contributed by atoms with E-state index in [9.17, 15) is 14.4 Å². The fourth-order valence-corrected chi connectivity index (χ4v) is 6.06. The lowest BCUT2D eigenvalue weighted by Crippen LogP contribution is -2.50. The highest BCUT2D eigenvalue weighted by Gasteiger charge is 2.48. The number of fused-ring (bicyclic) bond motifs is 1. The van der Waals surface area contributed by atoms with Crippen molar-refractivity contribution in [1.82, 2.24) is 14.8 Å². The Hall–Kier alpha value is -3.09. The fraction of sp³-hybridized carbons (Fsp3) is 0.500. The minimum absolute atomic E-state index is 0.121. The maximum absolute atomic E-state index is 13.5. The SMILES string of the molecule is COc1cccc([C@H]2CN(C(=O)C3CCCC3)[C@@H]3CCN(C(=O)c4cc[nH]c(=O)c4)C[C@H]23)c1. The molecule has 3 heterocycles. The molecule has 1 aliphatic carbocycles. The van der Waals surface area contributed by atoms with Crippen LogP contribution < -0.4 is 10.3 Å². The summed E-state index contributed by atoms with van der Waals surface area (Å²) in [6.45, 7) is 1.85. The van der Waals surface area contributed by atoms with Crippen molar-refractivity contribution >= 4 is 11.8 Å². The number of pyridine rings is 1. The van der Waals surface area contributed by atoms with Gasteiger partial charge in [-0.25, -0.2) is 0 Å². The zero-order valence-electron chi connectivity index (χ0n) is 19.0. The molecular weight excluding hydrogens is 418 g/mol. The minimum atomic E-state index is -0.279. The van der Waals surface area contributed by atoms with Gasteiger partial charge in [-0.05, 0) is 43.0 Å². The summed E-state index contributed by atoms with van der Waals surface area (Å²) < 4.78 is 5.46. The number of piperidine rings is 1. The van der Waals surface area contributed by atoms with Gasteiger partial charge in [0.25, 0.3) is 5.91 Å². The van der Waals surface area contributed by atoms with Gasteiger partial charge in [-0.2, -0.15) is 0 Å². The van der Waals surface area contributed by atoms with Crippen molar-refractivity contribution in [3.63, 3.8) is 0 Å². The van der Waals surface area contributed by atoms with Crippen molar-refractivity contribution in [2.75, 3.05) is 26.7 Å². The topological polar surface area (TPSA) is 82.7 Å². The van der Waals surface area contributed by atoms with E-state index in [-0.39, 0.29) is 35.3 Å². The van der Waals surface area contributed by atoms with Gasteiger partial charge < -0.3 is 19.5 Å². The van der Waals surface area contributed by atoms with Gasteiger partial charge in [0, 0.05) is 61.3 Å². The number of H-pyrrole nitrogens is 1. The van der Waals surface area contributed by atoms with Crippen LogP contribution in [-0.4, -0.2) is 59.4 Å². The largest absolute Gasteiger partial charge is 0.497 e. The van der Waals surface area contributed by atoms with E-state index >= 15 is 0 Å². The number of amides is 2. The fourth-order valence-electron chi connectivity index (χ4n) is 6.06. The monoisotopic (exact) mass is 449 g/mol. The van der Waals surface area contributed by atoms with Crippen molar-refractivity contribution < 1.29 is 14.3 Å². The Kier molecular flexibility index (Phi) is 5.96. The lowest BCUT2D eigenvalue weighted by Gasteiger charge is -2.39. The number of aromatic amines is 1. The van der Waals surface area contributed by atoms with Crippen LogP contribution in [0.1, 0.15) is 53.9 Å². The molecule has 3 aliphatic rings. The molecule has 2 amide bonds. The molecule has 174 valence electrons. The van der Waals surface area contributed by atoms with Crippen molar-refractivity contribution in [3.05, 3.63) is 64.1 Å². The first-order valence-corrected chi connectivity index (χ1v) is 12.0. The van der Waals surface area contributed by atoms with E-state index in [0.29, 0.717) is 31.1 Å². The highest BCUT2D eigenvalue weighted by Crippen LogP contribution is 2.44. The molecule has 3 fully saturated rings. The molecular formula is C26H31N3O4. The van der Waals surface area contributed by atoms with Gasteiger partial charge >= 0.3 is 0 Å². The van der Waals surface area contributed by atoms with Gasteiger partial charge in [0.15, 0.2) is 0 Å². The zero-order chi connectivity index (χ0) is 22.9. The van der Waals surface area contributed by atoms with Crippen LogP contribution in [-0.2, 0) is 4.79 Å². The first kappa shape index (κ1) is 21.7. The van der Waals surface area contributed by atoms with Crippen molar-refractivity contribution in [3.8, 4) is 5.75 Å². The van der Waals surface area contributed by atoms with Crippen molar-refractivity contribution in [2.45, 2.75) is 44.1 Å². The van der Waals surface area contributed by atoms with Gasteiger partial charge in [-0.15, -0.1) is 0 Å². The van der Waals surface area contributed by atoms with Crippen LogP contribution in [0.2, 0.25) is 0 Å². The summed E-state index contributed by atoms with van der Waals surface area (Å²) in [5, 5.41) is 0. The Balaban J connectivity index is 1.43. The van der Waals surface area contributed by atoms with E-state index < -0.39 is 0 Å². The highest BCUT2D eigenvalue weighted by atomic mass is 16.5. The smallest absolute Gasteiger partial charge is 0.254 e. The summed E-state index contributed by atoms with van der Waals surface area (Å²) in [4.78, 5) is 44.9. The molecule has 3 atom stereocenters. The molecule has 2 saturated heterocycles. The molecule has 0 spiro atoms. The molecule has 0 bridgehead atoms. The van der Waals surface area contributed by atoms with E-state index in [1.165, 1.54) is 12.3 Å². The van der Waals surface area contributed by atoms with Crippen LogP contribution in [0.4, 0.5) is 0 Å². The minimum Gasteiger partial charge on any atom is -0.497 e. The average molecular weight is 450 g/mol. The van der Waals surface area contributed by atoms with Crippen LogP contribution >= 0.6 is 0 Å². The van der Waals surface area contributed by atoms with Crippen LogP contribution in [0.25, 0.3) is 0 Å². The molecule has 7 heteroatoms. The second-order valence-corrected chi connectivity index (χ2v) is 9.57. The molecule has 0 radical (unpaired) electrons. The number of aromatic nitrogens is 1. The van der Waals surface area contributed by atoms with Gasteiger partial charge in [0.05, 0.1) is 7.11 Å². The second kappa shape index (κ2) is 9.04. The summed E-state index contributed by atoms with van der Waals surface area (Å²) in [5.41, 5.74) is 1.28. The number of likely N-dealkylation sites (tertiary alicyclic amines) is 2. The molecule has 1 aromatic carbocycles. The zero-order valence-corrected chi connectivity index (χ0v) is 19.0. The number of ether oxygens (including phenoxy) is 1. The van der Waals surface area contributed by atoms with Gasteiger partial charge in [0.2, 0.25) is 11.5 Å². The van der Waals surface area contributed by atoms with Crippen LogP contribution in [0.5, 0.6) is 5.75 Å². The number of methoxy groups -OCH3 is 1. The maximum Gasteiger partial charge on any atom is 0.254 e. The lowest BCUT2D eigenvalue weighted by molar-refractivity contribution is -0.137. The molecule has 7 nitrogen and oxygen atoms in total. The predicted octanol–water partition coefficient (Wildman–Crippen LogP) is 3.03. The third-order valence-corrected chi connectivity index (χ3v) is 7.75. The summed E-state index contributed by atoms with van der Waals surface area (Å²) >= 11 is 0. The number of hydrogen-bond donors (Lipinski definition) is 1. The normalized spacial score (nSPS) is 25.2. The molecule has 2 aliphatic heterocycles. The number of nitrogens with one attached hydrogen (secondary N) is 1. The Labute approximate surface area is 193 Å². The first-order valence-electron chi connectivity index (χ1n) is 12.0. The number of nitrogens with zero attached hydrogens (tertiary/aromatic N) is 2. The van der Waals surface area contributed by atoms with Crippen LogP contribution in [0, 0.1) is 11.8 Å². The number of carbonyl (C=O) groups is 2. The summed E-state index contributed by atoms with van der Waals surface area (Å²) in [6, 6.07) is 11.2. The highest BCUT2D eigenvalue weighted by molar-refractivity contribution is 5.94. The predicted molar refractivity (Wildman–Crippen MR) is 124 cm³/mol. The molecule has 1 aromatic heterocycles. The maximum atomic E-state index is 13.5. The average Bonchev–Trinajstić information content (AvgIpc) is 3.51. The molecule has 1 saturated carbocycles. The van der Waals surface area contributed by atoms with Gasteiger partial charge in [-0.3, -0.25) is 14.4 Å². The van der Waals surface area contributed by atoms with Crippen molar-refractivity contribution in [1.29, 1.82) is 0 Å². The van der Waals surface area contributed by atoms with Crippen LogP contribution in [0.15, 0.2) is 47.4 Å². The Morgan fingerprint density at radius 2 is 1.88 bits per heavy atom. The third kappa shape index (κ3) is 4.16.